The molecule has 2 rings (SSSR count). The van der Waals surface area contributed by atoms with Crippen LogP contribution in [0.5, 0.6) is 0 Å². The lowest BCUT2D eigenvalue weighted by molar-refractivity contribution is -0.132. The van der Waals surface area contributed by atoms with Crippen molar-refractivity contribution in [3.05, 3.63) is 21.9 Å². The summed E-state index contributed by atoms with van der Waals surface area (Å²) in [7, 11) is 1.93. The SMILES string of the molecule is Cc1ccc(C(C)N(C)C(=O)CCC2CCCNC2)s1. The largest absolute Gasteiger partial charge is 0.338 e. The van der Waals surface area contributed by atoms with Gasteiger partial charge in [0.2, 0.25) is 5.91 Å². The van der Waals surface area contributed by atoms with Crippen molar-refractivity contribution >= 4 is 17.2 Å². The van der Waals surface area contributed by atoms with Gasteiger partial charge in [0, 0.05) is 23.2 Å². The van der Waals surface area contributed by atoms with Crippen LogP contribution in [0.15, 0.2) is 12.1 Å². The summed E-state index contributed by atoms with van der Waals surface area (Å²) < 4.78 is 0. The van der Waals surface area contributed by atoms with Crippen molar-refractivity contribution in [2.75, 3.05) is 20.1 Å². The van der Waals surface area contributed by atoms with Gasteiger partial charge in [0.1, 0.15) is 0 Å². The van der Waals surface area contributed by atoms with Crippen molar-refractivity contribution in [2.24, 2.45) is 5.92 Å². The highest BCUT2D eigenvalue weighted by Crippen LogP contribution is 2.27. The van der Waals surface area contributed by atoms with Gasteiger partial charge in [-0.05, 0) is 64.3 Å². The van der Waals surface area contributed by atoms with Crippen LogP contribution in [0.2, 0.25) is 0 Å². The Kier molecular flexibility index (Phi) is 5.61. The van der Waals surface area contributed by atoms with E-state index in [1.165, 1.54) is 22.6 Å². The molecular weight excluding hydrogens is 268 g/mol. The van der Waals surface area contributed by atoms with Crippen molar-refractivity contribution in [1.82, 2.24) is 10.2 Å². The minimum absolute atomic E-state index is 0.186. The summed E-state index contributed by atoms with van der Waals surface area (Å²) in [4.78, 5) is 16.8. The van der Waals surface area contributed by atoms with Crippen molar-refractivity contribution in [3.8, 4) is 0 Å². The Labute approximate surface area is 126 Å². The molecule has 4 heteroatoms. The molecule has 2 heterocycles. The van der Waals surface area contributed by atoms with E-state index in [0.717, 1.165) is 19.5 Å². The lowest BCUT2D eigenvalue weighted by Gasteiger charge is -2.26. The first-order valence-electron chi connectivity index (χ1n) is 7.60. The molecule has 1 aromatic rings. The Morgan fingerprint density at radius 3 is 2.95 bits per heavy atom. The number of rotatable bonds is 5. The van der Waals surface area contributed by atoms with E-state index >= 15 is 0 Å². The molecule has 3 nitrogen and oxygen atoms in total. The Morgan fingerprint density at radius 2 is 2.35 bits per heavy atom. The van der Waals surface area contributed by atoms with E-state index in [-0.39, 0.29) is 11.9 Å². The number of carbonyl (C=O) groups is 1. The zero-order valence-corrected chi connectivity index (χ0v) is 13.6. The number of piperidine rings is 1. The van der Waals surface area contributed by atoms with Crippen LogP contribution in [0.25, 0.3) is 0 Å². The van der Waals surface area contributed by atoms with E-state index in [4.69, 9.17) is 0 Å². The molecule has 0 radical (unpaired) electrons. The number of nitrogens with zero attached hydrogens (tertiary/aromatic N) is 1. The average Bonchev–Trinajstić information content (AvgIpc) is 2.91. The molecule has 0 saturated carbocycles. The number of thiophene rings is 1. The number of aryl methyl sites for hydroxylation is 1. The molecule has 2 unspecified atom stereocenters. The maximum absolute atomic E-state index is 12.3. The summed E-state index contributed by atoms with van der Waals surface area (Å²) in [5.74, 6) is 0.953. The minimum Gasteiger partial charge on any atom is -0.338 e. The first kappa shape index (κ1) is 15.5. The third-order valence-electron chi connectivity index (χ3n) is 4.31. The Balaban J connectivity index is 1.81. The molecule has 0 aromatic carbocycles. The van der Waals surface area contributed by atoms with Crippen molar-refractivity contribution in [3.63, 3.8) is 0 Å². The fourth-order valence-electron chi connectivity index (χ4n) is 2.76. The summed E-state index contributed by atoms with van der Waals surface area (Å²) in [6, 6.07) is 4.45. The second-order valence-electron chi connectivity index (χ2n) is 5.88. The van der Waals surface area contributed by atoms with E-state index in [1.54, 1.807) is 11.3 Å². The third-order valence-corrected chi connectivity index (χ3v) is 5.48. The summed E-state index contributed by atoms with van der Waals surface area (Å²) >= 11 is 1.78. The predicted molar refractivity (Wildman–Crippen MR) is 85.1 cm³/mol. The molecule has 0 spiro atoms. The molecule has 112 valence electrons. The zero-order chi connectivity index (χ0) is 14.5. The number of carbonyl (C=O) groups excluding carboxylic acids is 1. The van der Waals surface area contributed by atoms with Crippen molar-refractivity contribution < 1.29 is 4.79 Å². The maximum atomic E-state index is 12.3. The Bertz CT molecular complexity index is 437. The van der Waals surface area contributed by atoms with Gasteiger partial charge in [0.25, 0.3) is 0 Å². The van der Waals surface area contributed by atoms with Gasteiger partial charge in [0.05, 0.1) is 6.04 Å². The van der Waals surface area contributed by atoms with Crippen molar-refractivity contribution in [2.45, 2.75) is 45.6 Å². The Hall–Kier alpha value is -0.870. The van der Waals surface area contributed by atoms with Crippen LogP contribution < -0.4 is 5.32 Å². The summed E-state index contributed by atoms with van der Waals surface area (Å²) in [6.07, 6.45) is 4.22. The molecule has 1 aliphatic heterocycles. The zero-order valence-electron chi connectivity index (χ0n) is 12.8. The highest BCUT2D eigenvalue weighted by molar-refractivity contribution is 7.12. The molecule has 20 heavy (non-hydrogen) atoms. The van der Waals surface area contributed by atoms with Crippen LogP contribution in [-0.4, -0.2) is 30.9 Å². The number of nitrogens with one attached hydrogen (secondary N) is 1. The van der Waals surface area contributed by atoms with Gasteiger partial charge >= 0.3 is 0 Å². The molecule has 0 bridgehead atoms. The Morgan fingerprint density at radius 1 is 1.55 bits per heavy atom. The number of hydrogen-bond acceptors (Lipinski definition) is 3. The van der Waals surface area contributed by atoms with Gasteiger partial charge in [-0.1, -0.05) is 0 Å². The van der Waals surface area contributed by atoms with E-state index in [1.807, 2.05) is 11.9 Å². The molecule has 1 fully saturated rings. The van der Waals surface area contributed by atoms with Crippen LogP contribution in [0, 0.1) is 12.8 Å². The van der Waals surface area contributed by atoms with Crippen LogP contribution in [0.4, 0.5) is 0 Å². The number of hydrogen-bond donors (Lipinski definition) is 1. The van der Waals surface area contributed by atoms with Crippen LogP contribution in [-0.2, 0) is 4.79 Å². The average molecular weight is 294 g/mol. The number of amides is 1. The molecule has 0 aliphatic carbocycles. The molecule has 1 saturated heterocycles. The highest BCUT2D eigenvalue weighted by Gasteiger charge is 2.20. The molecule has 1 amide bonds. The molecule has 1 aliphatic rings. The van der Waals surface area contributed by atoms with E-state index in [9.17, 15) is 4.79 Å². The van der Waals surface area contributed by atoms with Crippen LogP contribution >= 0.6 is 11.3 Å². The van der Waals surface area contributed by atoms with Gasteiger partial charge in [0.15, 0.2) is 0 Å². The minimum atomic E-state index is 0.186. The van der Waals surface area contributed by atoms with Gasteiger partial charge in [-0.2, -0.15) is 0 Å². The monoisotopic (exact) mass is 294 g/mol. The normalized spacial score (nSPS) is 20.6. The third kappa shape index (κ3) is 4.06. The van der Waals surface area contributed by atoms with E-state index in [2.05, 4.69) is 31.3 Å². The van der Waals surface area contributed by atoms with Crippen LogP contribution in [0.1, 0.15) is 48.4 Å². The summed E-state index contributed by atoms with van der Waals surface area (Å²) in [5.41, 5.74) is 0. The predicted octanol–water partition coefficient (Wildman–Crippen LogP) is 3.36. The fraction of sp³-hybridized carbons (Fsp3) is 0.688. The molecular formula is C16H26N2OS. The standard InChI is InChI=1S/C16H26N2OS/c1-12-6-8-15(20-12)13(2)18(3)16(19)9-7-14-5-4-10-17-11-14/h6,8,13-14,17H,4-5,7,9-11H2,1-3H3. The maximum Gasteiger partial charge on any atom is 0.222 e. The van der Waals surface area contributed by atoms with E-state index < -0.39 is 0 Å². The fourth-order valence-corrected chi connectivity index (χ4v) is 3.73. The topological polar surface area (TPSA) is 32.3 Å². The van der Waals surface area contributed by atoms with Gasteiger partial charge in [-0.25, -0.2) is 0 Å². The van der Waals surface area contributed by atoms with Gasteiger partial charge < -0.3 is 10.2 Å². The summed E-state index contributed by atoms with van der Waals surface area (Å²) in [6.45, 7) is 6.44. The van der Waals surface area contributed by atoms with Gasteiger partial charge in [-0.3, -0.25) is 4.79 Å². The molecule has 1 N–H and O–H groups in total. The second-order valence-corrected chi connectivity index (χ2v) is 7.20. The van der Waals surface area contributed by atoms with E-state index in [0.29, 0.717) is 12.3 Å². The first-order chi connectivity index (χ1) is 9.58. The van der Waals surface area contributed by atoms with Crippen LogP contribution in [0.3, 0.4) is 0 Å². The lowest BCUT2D eigenvalue weighted by Crippen LogP contribution is -2.32. The lowest BCUT2D eigenvalue weighted by atomic mass is 9.94. The summed E-state index contributed by atoms with van der Waals surface area (Å²) in [5, 5.41) is 3.42. The quantitative estimate of drug-likeness (QED) is 0.903. The smallest absolute Gasteiger partial charge is 0.222 e. The first-order valence-corrected chi connectivity index (χ1v) is 8.42. The second kappa shape index (κ2) is 7.23. The highest BCUT2D eigenvalue weighted by atomic mass is 32.1. The van der Waals surface area contributed by atoms with Gasteiger partial charge in [-0.15, -0.1) is 11.3 Å². The molecule has 2 atom stereocenters. The molecule has 1 aromatic heterocycles. The van der Waals surface area contributed by atoms with Crippen molar-refractivity contribution in [1.29, 1.82) is 0 Å².